The van der Waals surface area contributed by atoms with E-state index >= 15 is 0 Å². The van der Waals surface area contributed by atoms with Crippen molar-refractivity contribution in [1.82, 2.24) is 10.1 Å². The minimum atomic E-state index is -0.818. The lowest BCUT2D eigenvalue weighted by atomic mass is 10.0. The third-order valence-corrected chi connectivity index (χ3v) is 5.19. The van der Waals surface area contributed by atoms with Crippen LogP contribution in [-0.4, -0.2) is 28.7 Å². The predicted molar refractivity (Wildman–Crippen MR) is 119 cm³/mol. The molecule has 0 aliphatic carbocycles. The molecule has 33 heavy (non-hydrogen) atoms. The third kappa shape index (κ3) is 3.97. The maximum Gasteiger partial charge on any atom is 0.372 e. The number of hydrogen-bond donors (Lipinski definition) is 1. The van der Waals surface area contributed by atoms with E-state index in [0.717, 1.165) is 0 Å². The second-order valence-electron chi connectivity index (χ2n) is 6.87. The second-order valence-corrected chi connectivity index (χ2v) is 7.28. The summed E-state index contributed by atoms with van der Waals surface area (Å²) >= 11 is 6.33. The minimum absolute atomic E-state index is 0.0251. The predicted octanol–water partition coefficient (Wildman–Crippen LogP) is 4.26. The van der Waals surface area contributed by atoms with E-state index in [4.69, 9.17) is 36.2 Å². The van der Waals surface area contributed by atoms with E-state index in [1.807, 2.05) is 0 Å². The summed E-state index contributed by atoms with van der Waals surface area (Å²) < 4.78 is 16.1. The van der Waals surface area contributed by atoms with Gasteiger partial charge in [-0.15, -0.1) is 0 Å². The van der Waals surface area contributed by atoms with Crippen molar-refractivity contribution in [3.63, 3.8) is 0 Å². The number of carbonyl (C=O) groups excluding carboxylic acids is 1. The van der Waals surface area contributed by atoms with Crippen molar-refractivity contribution in [1.29, 1.82) is 0 Å². The number of rotatable bonds is 5. The third-order valence-electron chi connectivity index (χ3n) is 4.86. The minimum Gasteiger partial charge on any atom is -0.454 e. The fourth-order valence-electron chi connectivity index (χ4n) is 3.26. The van der Waals surface area contributed by atoms with Crippen LogP contribution in [0.2, 0.25) is 5.02 Å². The number of benzene rings is 2. The summed E-state index contributed by atoms with van der Waals surface area (Å²) in [5.74, 6) is 0.468. The van der Waals surface area contributed by atoms with Gasteiger partial charge >= 0.3 is 5.97 Å². The molecule has 3 heterocycles. The van der Waals surface area contributed by atoms with Gasteiger partial charge in [-0.3, -0.25) is 4.98 Å². The Bertz CT molecular complexity index is 1370. The van der Waals surface area contributed by atoms with E-state index in [1.165, 1.54) is 0 Å². The fourth-order valence-corrected chi connectivity index (χ4v) is 3.49. The molecule has 2 aromatic heterocycles. The fraction of sp³-hybridized carbons (Fsp3) is 0.0435. The molecular weight excluding hydrogens is 448 g/mol. The Balaban J connectivity index is 1.50. The molecule has 0 fully saturated rings. The molecule has 0 radical (unpaired) electrons. The van der Waals surface area contributed by atoms with E-state index in [0.29, 0.717) is 33.2 Å². The van der Waals surface area contributed by atoms with E-state index in [9.17, 15) is 4.79 Å². The Morgan fingerprint density at radius 3 is 2.67 bits per heavy atom. The van der Waals surface area contributed by atoms with Crippen molar-refractivity contribution in [2.45, 2.75) is 0 Å². The SMILES string of the molecule is N/C(=N\OC(=O)c1c(-c2ccccc2Cl)noc1-c1ccncc1)c1ccc2c(c1)OCO2. The largest absolute Gasteiger partial charge is 0.454 e. The van der Waals surface area contributed by atoms with Gasteiger partial charge in [0.2, 0.25) is 6.79 Å². The number of hydrogen-bond acceptors (Lipinski definition) is 8. The molecular formula is C23H15ClN4O5. The summed E-state index contributed by atoms with van der Waals surface area (Å²) in [4.78, 5) is 22.3. The van der Waals surface area contributed by atoms with Crippen LogP contribution in [0, 0.1) is 0 Å². The van der Waals surface area contributed by atoms with E-state index in [2.05, 4.69) is 15.3 Å². The average molecular weight is 463 g/mol. The lowest BCUT2D eigenvalue weighted by Gasteiger charge is -2.05. The van der Waals surface area contributed by atoms with Crippen LogP contribution in [0.1, 0.15) is 15.9 Å². The van der Waals surface area contributed by atoms with Gasteiger partial charge < -0.3 is 24.6 Å². The van der Waals surface area contributed by atoms with Crippen LogP contribution >= 0.6 is 11.6 Å². The molecule has 0 saturated carbocycles. The van der Waals surface area contributed by atoms with Gasteiger partial charge in [0.25, 0.3) is 0 Å². The summed E-state index contributed by atoms with van der Waals surface area (Å²) in [5.41, 5.74) is 7.87. The quantitative estimate of drug-likeness (QED) is 0.202. The first kappa shape index (κ1) is 20.5. The van der Waals surface area contributed by atoms with Crippen molar-refractivity contribution in [2.75, 3.05) is 6.79 Å². The molecule has 1 aliphatic rings. The summed E-state index contributed by atoms with van der Waals surface area (Å²) in [6.45, 7) is 0.126. The summed E-state index contributed by atoms with van der Waals surface area (Å²) in [7, 11) is 0. The first-order valence-corrected chi connectivity index (χ1v) is 10.1. The molecule has 0 unspecified atom stereocenters. The Morgan fingerprint density at radius 1 is 1.06 bits per heavy atom. The normalized spacial score (nSPS) is 12.6. The monoisotopic (exact) mass is 462 g/mol. The van der Waals surface area contributed by atoms with Crippen molar-refractivity contribution in [3.8, 4) is 34.1 Å². The summed E-state index contributed by atoms with van der Waals surface area (Å²) in [6.07, 6.45) is 3.13. The van der Waals surface area contributed by atoms with Gasteiger partial charge in [-0.05, 0) is 36.4 Å². The molecule has 1 aliphatic heterocycles. The molecule has 0 spiro atoms. The molecule has 5 rings (SSSR count). The average Bonchev–Trinajstić information content (AvgIpc) is 3.50. The van der Waals surface area contributed by atoms with E-state index < -0.39 is 5.97 Å². The molecule has 164 valence electrons. The number of carbonyl (C=O) groups is 1. The number of oxime groups is 1. The number of halogens is 1. The molecule has 0 bridgehead atoms. The number of pyridine rings is 1. The number of ether oxygens (including phenoxy) is 2. The van der Waals surface area contributed by atoms with Crippen LogP contribution in [0.15, 0.2) is 76.7 Å². The van der Waals surface area contributed by atoms with E-state index in [-0.39, 0.29) is 29.6 Å². The highest BCUT2D eigenvalue weighted by Gasteiger charge is 2.28. The Hall–Kier alpha value is -4.37. The van der Waals surface area contributed by atoms with Crippen molar-refractivity contribution in [2.24, 2.45) is 10.9 Å². The Morgan fingerprint density at radius 2 is 1.85 bits per heavy atom. The number of nitrogens with two attached hydrogens (primary N) is 1. The van der Waals surface area contributed by atoms with Crippen LogP contribution in [0.3, 0.4) is 0 Å². The molecule has 9 nitrogen and oxygen atoms in total. The zero-order valence-electron chi connectivity index (χ0n) is 16.9. The summed E-state index contributed by atoms with van der Waals surface area (Å²) in [6, 6.07) is 15.3. The molecule has 4 aromatic rings. The molecule has 0 atom stereocenters. The van der Waals surface area contributed by atoms with Gasteiger partial charge in [-0.2, -0.15) is 0 Å². The van der Waals surface area contributed by atoms with Crippen molar-refractivity contribution < 1.29 is 23.6 Å². The van der Waals surface area contributed by atoms with Crippen LogP contribution in [0.25, 0.3) is 22.6 Å². The summed E-state index contributed by atoms with van der Waals surface area (Å²) in [5, 5.41) is 8.27. The maximum atomic E-state index is 13.1. The first-order chi connectivity index (χ1) is 16.1. The molecule has 0 saturated heterocycles. The van der Waals surface area contributed by atoms with Gasteiger partial charge in [0.1, 0.15) is 11.3 Å². The Labute approximate surface area is 192 Å². The lowest BCUT2D eigenvalue weighted by Crippen LogP contribution is -2.15. The zero-order chi connectivity index (χ0) is 22.8. The standard InChI is InChI=1S/C23H15ClN4O5/c24-16-4-2-1-3-15(16)20-19(21(32-27-20)13-7-9-26-10-8-13)23(29)33-28-22(25)14-5-6-17-18(11-14)31-12-30-17/h1-11H,12H2,(H2,25,28). The number of nitrogens with zero attached hydrogens (tertiary/aromatic N) is 3. The topological polar surface area (TPSA) is 122 Å². The van der Waals surface area contributed by atoms with Gasteiger partial charge in [0, 0.05) is 29.1 Å². The zero-order valence-corrected chi connectivity index (χ0v) is 17.7. The van der Waals surface area contributed by atoms with Crippen LogP contribution in [-0.2, 0) is 4.84 Å². The maximum absolute atomic E-state index is 13.1. The number of amidine groups is 1. The van der Waals surface area contributed by atoms with Crippen LogP contribution < -0.4 is 15.2 Å². The second kappa shape index (κ2) is 8.64. The van der Waals surface area contributed by atoms with Gasteiger partial charge in [0.15, 0.2) is 23.1 Å². The molecule has 0 amide bonds. The van der Waals surface area contributed by atoms with E-state index in [1.54, 1.807) is 67.0 Å². The van der Waals surface area contributed by atoms with Gasteiger partial charge in [0.05, 0.1) is 5.02 Å². The highest BCUT2D eigenvalue weighted by molar-refractivity contribution is 6.33. The van der Waals surface area contributed by atoms with Crippen molar-refractivity contribution >= 4 is 23.4 Å². The lowest BCUT2D eigenvalue weighted by molar-refractivity contribution is 0.0517. The molecule has 2 N–H and O–H groups in total. The number of aromatic nitrogens is 2. The van der Waals surface area contributed by atoms with Gasteiger partial charge in [-0.1, -0.05) is 40.1 Å². The van der Waals surface area contributed by atoms with Crippen molar-refractivity contribution in [3.05, 3.63) is 83.1 Å². The Kier molecular flexibility index (Phi) is 5.37. The molecule has 2 aromatic carbocycles. The first-order valence-electron chi connectivity index (χ1n) is 9.71. The van der Waals surface area contributed by atoms with Gasteiger partial charge in [-0.25, -0.2) is 4.79 Å². The smallest absolute Gasteiger partial charge is 0.372 e. The van der Waals surface area contributed by atoms with Crippen LogP contribution in [0.5, 0.6) is 11.5 Å². The highest BCUT2D eigenvalue weighted by Crippen LogP contribution is 2.36. The number of fused-ring (bicyclic) bond motifs is 1. The molecule has 10 heteroatoms. The highest BCUT2D eigenvalue weighted by atomic mass is 35.5. The van der Waals surface area contributed by atoms with Crippen LogP contribution in [0.4, 0.5) is 0 Å².